The standard InChI is InChI=1S/C22H24F2O4/c1-4-17-13(6-8-19(25)26)5-7-18(20(17)24)27-12-15-10-16(23)9-14-11-22(2,3)28-21(14)15/h5,7,9-10H,4,6,8,11-12H2,1-3H3,(H,25,26)/i6D2,8D2. The number of rotatable bonds is 7. The number of ether oxygens (including phenoxy) is 2. The fourth-order valence-electron chi connectivity index (χ4n) is 3.30. The van der Waals surface area contributed by atoms with Gasteiger partial charge in [0, 0.05) is 29.4 Å². The molecule has 0 spiro atoms. The molecule has 0 unspecified atom stereocenters. The molecular formula is C22H24F2O4. The third kappa shape index (κ3) is 4.26. The van der Waals surface area contributed by atoms with Crippen LogP contribution in [-0.4, -0.2) is 16.7 Å². The lowest BCUT2D eigenvalue weighted by molar-refractivity contribution is -0.136. The van der Waals surface area contributed by atoms with E-state index in [2.05, 4.69) is 0 Å². The minimum Gasteiger partial charge on any atom is -0.487 e. The number of carbonyl (C=O) groups is 1. The van der Waals surface area contributed by atoms with Gasteiger partial charge in [-0.25, -0.2) is 8.78 Å². The average Bonchev–Trinajstić information content (AvgIpc) is 2.99. The average molecular weight is 394 g/mol. The third-order valence-electron chi connectivity index (χ3n) is 4.45. The van der Waals surface area contributed by atoms with Gasteiger partial charge in [0.15, 0.2) is 11.6 Å². The highest BCUT2D eigenvalue weighted by molar-refractivity contribution is 5.67. The minimum atomic E-state index is -3.28. The van der Waals surface area contributed by atoms with E-state index in [0.717, 1.165) is 12.1 Å². The van der Waals surface area contributed by atoms with Gasteiger partial charge in [-0.15, -0.1) is 0 Å². The van der Waals surface area contributed by atoms with Crippen LogP contribution in [0.3, 0.4) is 0 Å². The van der Waals surface area contributed by atoms with Crippen molar-refractivity contribution in [1.82, 2.24) is 0 Å². The van der Waals surface area contributed by atoms with E-state index in [1.807, 2.05) is 13.8 Å². The second-order valence-electron chi connectivity index (χ2n) is 7.19. The Morgan fingerprint density at radius 2 is 2.07 bits per heavy atom. The second kappa shape index (κ2) is 7.78. The van der Waals surface area contributed by atoms with E-state index in [4.69, 9.17) is 20.1 Å². The number of carboxylic acids is 1. The number of aliphatic carboxylic acids is 1. The molecule has 0 atom stereocenters. The van der Waals surface area contributed by atoms with Crippen molar-refractivity contribution in [2.75, 3.05) is 0 Å². The summed E-state index contributed by atoms with van der Waals surface area (Å²) in [6, 6.07) is 4.86. The molecule has 0 amide bonds. The lowest BCUT2D eigenvalue weighted by Gasteiger charge is -2.18. The summed E-state index contributed by atoms with van der Waals surface area (Å²) in [5, 5.41) is 9.10. The van der Waals surface area contributed by atoms with Crippen LogP contribution < -0.4 is 9.47 Å². The summed E-state index contributed by atoms with van der Waals surface area (Å²) in [6.07, 6.45) is -5.79. The first-order valence-electron chi connectivity index (χ1n) is 10.9. The van der Waals surface area contributed by atoms with Crippen LogP contribution in [0, 0.1) is 11.6 Å². The first-order valence-corrected chi connectivity index (χ1v) is 8.89. The highest BCUT2D eigenvalue weighted by atomic mass is 19.1. The maximum atomic E-state index is 15.2. The molecule has 0 radical (unpaired) electrons. The van der Waals surface area contributed by atoms with Crippen LogP contribution in [0.25, 0.3) is 0 Å². The Hall–Kier alpha value is -2.63. The molecule has 0 bridgehead atoms. The quantitative estimate of drug-likeness (QED) is 0.730. The maximum Gasteiger partial charge on any atom is 0.303 e. The van der Waals surface area contributed by atoms with Crippen molar-refractivity contribution in [3.8, 4) is 11.5 Å². The third-order valence-corrected chi connectivity index (χ3v) is 4.45. The van der Waals surface area contributed by atoms with Gasteiger partial charge in [-0.1, -0.05) is 13.0 Å². The summed E-state index contributed by atoms with van der Waals surface area (Å²) >= 11 is 0. The van der Waals surface area contributed by atoms with Crippen molar-refractivity contribution in [3.63, 3.8) is 0 Å². The fraction of sp³-hybridized carbons (Fsp3) is 0.409. The largest absolute Gasteiger partial charge is 0.487 e. The zero-order chi connectivity index (χ0) is 24.1. The molecule has 0 fully saturated rings. The molecule has 1 N–H and O–H groups in total. The minimum absolute atomic E-state index is 0.0275. The molecule has 2 aromatic carbocycles. The Balaban J connectivity index is 1.94. The molecule has 4 nitrogen and oxygen atoms in total. The van der Waals surface area contributed by atoms with E-state index in [1.165, 1.54) is 19.1 Å². The molecule has 28 heavy (non-hydrogen) atoms. The Kier molecular flexibility index (Phi) is 4.25. The molecule has 1 aliphatic heterocycles. The van der Waals surface area contributed by atoms with Crippen LogP contribution in [0.5, 0.6) is 11.5 Å². The van der Waals surface area contributed by atoms with Crippen molar-refractivity contribution in [2.45, 2.75) is 58.6 Å². The van der Waals surface area contributed by atoms with Gasteiger partial charge in [-0.2, -0.15) is 0 Å². The number of fused-ring (bicyclic) bond motifs is 1. The van der Waals surface area contributed by atoms with Crippen molar-refractivity contribution in [2.24, 2.45) is 0 Å². The predicted molar refractivity (Wildman–Crippen MR) is 101 cm³/mol. The fourth-order valence-corrected chi connectivity index (χ4v) is 3.30. The monoisotopic (exact) mass is 394 g/mol. The summed E-state index contributed by atoms with van der Waals surface area (Å²) in [5.74, 6) is -3.15. The van der Waals surface area contributed by atoms with E-state index in [9.17, 15) is 9.18 Å². The maximum absolute atomic E-state index is 15.2. The molecule has 1 heterocycles. The number of hydrogen-bond acceptors (Lipinski definition) is 3. The van der Waals surface area contributed by atoms with Gasteiger partial charge in [-0.05, 0) is 56.0 Å². The molecule has 150 valence electrons. The van der Waals surface area contributed by atoms with Gasteiger partial charge in [0.25, 0.3) is 0 Å². The van der Waals surface area contributed by atoms with Gasteiger partial charge in [0.05, 0.1) is 0 Å². The topological polar surface area (TPSA) is 55.8 Å². The van der Waals surface area contributed by atoms with Crippen LogP contribution >= 0.6 is 0 Å². The SMILES string of the molecule is [2H]C([2H])(C(=O)O)C([2H])([2H])c1ccc(OCc2cc(F)cc3c2OC(C)(C)C3)c(F)c1CC. The number of benzene rings is 2. The molecule has 0 saturated carbocycles. The van der Waals surface area contributed by atoms with E-state index >= 15 is 4.39 Å². The number of carboxylic acid groups (broad SMARTS) is 1. The molecular weight excluding hydrogens is 366 g/mol. The van der Waals surface area contributed by atoms with Crippen molar-refractivity contribution >= 4 is 5.97 Å². The molecule has 1 aliphatic rings. The van der Waals surface area contributed by atoms with E-state index < -0.39 is 41.5 Å². The zero-order valence-corrected chi connectivity index (χ0v) is 15.9. The predicted octanol–water partition coefficient (Wildman–Crippen LogP) is 4.84. The lowest BCUT2D eigenvalue weighted by Crippen LogP contribution is -2.25. The summed E-state index contributed by atoms with van der Waals surface area (Å²) in [7, 11) is 0. The molecule has 0 aromatic heterocycles. The van der Waals surface area contributed by atoms with Crippen LogP contribution in [0.1, 0.15) is 54.9 Å². The van der Waals surface area contributed by atoms with E-state index in [1.54, 1.807) is 0 Å². The lowest BCUT2D eigenvalue weighted by atomic mass is 9.99. The van der Waals surface area contributed by atoms with Crippen LogP contribution in [0.2, 0.25) is 0 Å². The molecule has 0 aliphatic carbocycles. The van der Waals surface area contributed by atoms with Crippen molar-refractivity contribution in [3.05, 3.63) is 58.2 Å². The van der Waals surface area contributed by atoms with Gasteiger partial charge in [0.1, 0.15) is 23.8 Å². The number of aryl methyl sites for hydroxylation is 1. The molecule has 2 aromatic rings. The summed E-state index contributed by atoms with van der Waals surface area (Å²) < 4.78 is 72.0. The highest BCUT2D eigenvalue weighted by Crippen LogP contribution is 2.39. The second-order valence-corrected chi connectivity index (χ2v) is 7.19. The Bertz CT molecular complexity index is 1070. The first kappa shape index (κ1) is 15.3. The summed E-state index contributed by atoms with van der Waals surface area (Å²) in [4.78, 5) is 11.2. The highest BCUT2D eigenvalue weighted by Gasteiger charge is 2.32. The Morgan fingerprint density at radius 3 is 2.75 bits per heavy atom. The Labute approximate surface area is 168 Å². The van der Waals surface area contributed by atoms with Crippen molar-refractivity contribution < 1.29 is 33.6 Å². The van der Waals surface area contributed by atoms with Gasteiger partial charge < -0.3 is 14.6 Å². The van der Waals surface area contributed by atoms with Crippen LogP contribution in [0.15, 0.2) is 24.3 Å². The summed E-state index contributed by atoms with van der Waals surface area (Å²) in [5.41, 5.74) is -0.0390. The molecule has 6 heteroatoms. The van der Waals surface area contributed by atoms with Gasteiger partial charge in [0.2, 0.25) is 0 Å². The number of halogens is 2. The molecule has 3 rings (SSSR count). The van der Waals surface area contributed by atoms with E-state index in [0.29, 0.717) is 23.3 Å². The number of hydrogen-bond donors (Lipinski definition) is 1. The van der Waals surface area contributed by atoms with Gasteiger partial charge >= 0.3 is 5.97 Å². The smallest absolute Gasteiger partial charge is 0.303 e. The summed E-state index contributed by atoms with van der Waals surface area (Å²) in [6.45, 7) is 5.06. The first-order chi connectivity index (χ1) is 14.7. The van der Waals surface area contributed by atoms with Crippen molar-refractivity contribution in [1.29, 1.82) is 0 Å². The van der Waals surface area contributed by atoms with Crippen LogP contribution in [0.4, 0.5) is 8.78 Å². The van der Waals surface area contributed by atoms with Gasteiger partial charge in [-0.3, -0.25) is 4.79 Å². The molecule has 0 saturated heterocycles. The zero-order valence-electron chi connectivity index (χ0n) is 19.9. The normalized spacial score (nSPS) is 17.6. The van der Waals surface area contributed by atoms with Crippen LogP contribution in [-0.2, 0) is 30.6 Å². The van der Waals surface area contributed by atoms with E-state index in [-0.39, 0.29) is 24.3 Å². The Morgan fingerprint density at radius 1 is 1.32 bits per heavy atom.